The highest BCUT2D eigenvalue weighted by atomic mass is 16.2. The lowest BCUT2D eigenvalue weighted by Gasteiger charge is -2.36. The quantitative estimate of drug-likeness (QED) is 0.724. The minimum Gasteiger partial charge on any atom is -0.366 e. The molecule has 0 N–H and O–H groups in total. The van der Waals surface area contributed by atoms with Crippen LogP contribution < -0.4 is 4.90 Å². The Balaban J connectivity index is 1.82. The number of hydrogen-bond acceptors (Lipinski definition) is 4. The van der Waals surface area contributed by atoms with Crippen LogP contribution in [0.25, 0.3) is 22.2 Å². The molecule has 0 aliphatic carbocycles. The first kappa shape index (κ1) is 15.6. The number of hydrogen-bond donors (Lipinski definition) is 0. The molecule has 1 fully saturated rings. The van der Waals surface area contributed by atoms with Gasteiger partial charge in [-0.15, -0.1) is 10.2 Å². The third kappa shape index (κ3) is 2.93. The Morgan fingerprint density at radius 3 is 2.28 bits per heavy atom. The van der Waals surface area contributed by atoms with Crippen molar-refractivity contribution in [2.24, 2.45) is 0 Å². The molecule has 0 radical (unpaired) electrons. The molecule has 3 aromatic rings. The Labute approximate surface area is 146 Å². The summed E-state index contributed by atoms with van der Waals surface area (Å²) < 4.78 is 0. The van der Waals surface area contributed by atoms with Gasteiger partial charge in [-0.25, -0.2) is 0 Å². The third-order valence-electron chi connectivity index (χ3n) is 4.73. The monoisotopic (exact) mass is 332 g/mol. The van der Waals surface area contributed by atoms with Crippen LogP contribution in [0.4, 0.5) is 5.69 Å². The summed E-state index contributed by atoms with van der Waals surface area (Å²) in [6.45, 7) is 4.71. The molecule has 2 aromatic carbocycles. The van der Waals surface area contributed by atoms with Crippen molar-refractivity contribution in [1.82, 2.24) is 15.1 Å². The number of carbonyl (C=O) groups excluding carboxylic acids is 1. The van der Waals surface area contributed by atoms with Gasteiger partial charge in [0, 0.05) is 44.1 Å². The average molecular weight is 332 g/mol. The number of aromatic nitrogens is 2. The standard InChI is InChI=1S/C20H20N4O/c1-15(25)23-11-13-24(14-12-23)20-17-9-5-6-10-18(17)21-22-19(20)16-7-3-2-4-8-16/h2-10H,11-14H2,1H3. The van der Waals surface area contributed by atoms with Crippen molar-refractivity contribution < 1.29 is 4.79 Å². The normalized spacial score (nSPS) is 14.8. The predicted octanol–water partition coefficient (Wildman–Crippen LogP) is 2.97. The van der Waals surface area contributed by atoms with E-state index in [0.29, 0.717) is 0 Å². The van der Waals surface area contributed by atoms with Crippen molar-refractivity contribution in [2.45, 2.75) is 6.92 Å². The number of rotatable bonds is 2. The predicted molar refractivity (Wildman–Crippen MR) is 99.4 cm³/mol. The smallest absolute Gasteiger partial charge is 0.219 e. The number of nitrogens with zero attached hydrogens (tertiary/aromatic N) is 4. The fourth-order valence-corrected chi connectivity index (χ4v) is 3.40. The van der Waals surface area contributed by atoms with Gasteiger partial charge >= 0.3 is 0 Å². The summed E-state index contributed by atoms with van der Waals surface area (Å²) in [4.78, 5) is 15.9. The molecular weight excluding hydrogens is 312 g/mol. The van der Waals surface area contributed by atoms with Crippen molar-refractivity contribution in [2.75, 3.05) is 31.1 Å². The lowest BCUT2D eigenvalue weighted by atomic mass is 10.0. The van der Waals surface area contributed by atoms with E-state index in [1.54, 1.807) is 6.92 Å². The Hall–Kier alpha value is -2.95. The zero-order valence-electron chi connectivity index (χ0n) is 14.2. The molecule has 0 spiro atoms. The van der Waals surface area contributed by atoms with E-state index in [-0.39, 0.29) is 5.91 Å². The molecule has 4 rings (SSSR count). The van der Waals surface area contributed by atoms with Crippen molar-refractivity contribution in [3.05, 3.63) is 54.6 Å². The number of fused-ring (bicyclic) bond motifs is 1. The van der Waals surface area contributed by atoms with Crippen LogP contribution in [0.15, 0.2) is 54.6 Å². The number of amides is 1. The minimum absolute atomic E-state index is 0.139. The van der Waals surface area contributed by atoms with Crippen molar-refractivity contribution in [3.63, 3.8) is 0 Å². The molecule has 0 bridgehead atoms. The van der Waals surface area contributed by atoms with Crippen LogP contribution in [0.2, 0.25) is 0 Å². The lowest BCUT2D eigenvalue weighted by molar-refractivity contribution is -0.129. The first-order chi connectivity index (χ1) is 12.2. The van der Waals surface area contributed by atoms with Gasteiger partial charge in [0.1, 0.15) is 5.69 Å². The average Bonchev–Trinajstić information content (AvgIpc) is 2.68. The zero-order chi connectivity index (χ0) is 17.2. The van der Waals surface area contributed by atoms with Gasteiger partial charge in [-0.1, -0.05) is 48.5 Å². The summed E-state index contributed by atoms with van der Waals surface area (Å²) in [5.41, 5.74) is 3.96. The van der Waals surface area contributed by atoms with Crippen LogP contribution in [-0.4, -0.2) is 47.2 Å². The van der Waals surface area contributed by atoms with Gasteiger partial charge in [-0.05, 0) is 6.07 Å². The summed E-state index contributed by atoms with van der Waals surface area (Å²) >= 11 is 0. The molecule has 1 aromatic heterocycles. The molecule has 5 heteroatoms. The van der Waals surface area contributed by atoms with Crippen molar-refractivity contribution >= 4 is 22.5 Å². The van der Waals surface area contributed by atoms with E-state index in [1.165, 1.54) is 0 Å². The maximum absolute atomic E-state index is 11.6. The van der Waals surface area contributed by atoms with Gasteiger partial charge in [-0.2, -0.15) is 0 Å². The minimum atomic E-state index is 0.139. The molecule has 2 heterocycles. The summed E-state index contributed by atoms with van der Waals surface area (Å²) in [7, 11) is 0. The number of piperazine rings is 1. The topological polar surface area (TPSA) is 49.3 Å². The summed E-state index contributed by atoms with van der Waals surface area (Å²) in [6, 6.07) is 18.3. The number of carbonyl (C=O) groups is 1. The molecule has 5 nitrogen and oxygen atoms in total. The van der Waals surface area contributed by atoms with E-state index < -0.39 is 0 Å². The first-order valence-electron chi connectivity index (χ1n) is 8.55. The van der Waals surface area contributed by atoms with E-state index >= 15 is 0 Å². The van der Waals surface area contributed by atoms with Gasteiger partial charge in [0.05, 0.1) is 11.2 Å². The van der Waals surface area contributed by atoms with Gasteiger partial charge in [0.15, 0.2) is 0 Å². The highest BCUT2D eigenvalue weighted by molar-refractivity contribution is 5.98. The second kappa shape index (κ2) is 6.51. The Morgan fingerprint density at radius 1 is 0.880 bits per heavy atom. The molecule has 1 amide bonds. The van der Waals surface area contributed by atoms with Gasteiger partial charge in [0.25, 0.3) is 0 Å². The molecule has 0 unspecified atom stereocenters. The van der Waals surface area contributed by atoms with Gasteiger partial charge < -0.3 is 9.80 Å². The fourth-order valence-electron chi connectivity index (χ4n) is 3.40. The van der Waals surface area contributed by atoms with E-state index in [4.69, 9.17) is 0 Å². The van der Waals surface area contributed by atoms with Crippen LogP contribution in [0.5, 0.6) is 0 Å². The zero-order valence-corrected chi connectivity index (χ0v) is 14.2. The Morgan fingerprint density at radius 2 is 1.56 bits per heavy atom. The van der Waals surface area contributed by atoms with E-state index in [9.17, 15) is 4.79 Å². The lowest BCUT2D eigenvalue weighted by Crippen LogP contribution is -2.48. The molecule has 1 aliphatic rings. The van der Waals surface area contributed by atoms with Crippen LogP contribution in [-0.2, 0) is 4.79 Å². The van der Waals surface area contributed by atoms with Crippen molar-refractivity contribution in [1.29, 1.82) is 0 Å². The molecule has 1 aliphatic heterocycles. The molecule has 0 saturated carbocycles. The van der Waals surface area contributed by atoms with E-state index in [1.807, 2.05) is 41.3 Å². The Kier molecular flexibility index (Phi) is 4.06. The number of anilines is 1. The van der Waals surface area contributed by atoms with Crippen molar-refractivity contribution in [3.8, 4) is 11.3 Å². The van der Waals surface area contributed by atoms with Crippen LogP contribution in [0.1, 0.15) is 6.92 Å². The second-order valence-corrected chi connectivity index (χ2v) is 6.27. The second-order valence-electron chi connectivity index (χ2n) is 6.27. The van der Waals surface area contributed by atoms with Gasteiger partial charge in [0.2, 0.25) is 5.91 Å². The maximum Gasteiger partial charge on any atom is 0.219 e. The third-order valence-corrected chi connectivity index (χ3v) is 4.73. The molecule has 1 saturated heterocycles. The van der Waals surface area contributed by atoms with Crippen LogP contribution in [0.3, 0.4) is 0 Å². The molecule has 25 heavy (non-hydrogen) atoms. The van der Waals surface area contributed by atoms with E-state index in [0.717, 1.165) is 54.0 Å². The summed E-state index contributed by atoms with van der Waals surface area (Å²) in [5, 5.41) is 10.1. The number of benzene rings is 2. The molecular formula is C20H20N4O. The largest absolute Gasteiger partial charge is 0.366 e. The maximum atomic E-state index is 11.6. The van der Waals surface area contributed by atoms with E-state index in [2.05, 4.69) is 33.3 Å². The molecule has 126 valence electrons. The molecule has 0 atom stereocenters. The highest BCUT2D eigenvalue weighted by Crippen LogP contribution is 2.35. The fraction of sp³-hybridized carbons (Fsp3) is 0.250. The van der Waals surface area contributed by atoms with Gasteiger partial charge in [-0.3, -0.25) is 4.79 Å². The summed E-state index contributed by atoms with van der Waals surface area (Å²) in [5.74, 6) is 0.139. The Bertz CT molecular complexity index is 902. The summed E-state index contributed by atoms with van der Waals surface area (Å²) in [6.07, 6.45) is 0. The van der Waals surface area contributed by atoms with Crippen LogP contribution >= 0.6 is 0 Å². The SMILES string of the molecule is CC(=O)N1CCN(c2c(-c3ccccc3)nnc3ccccc23)CC1. The van der Waals surface area contributed by atoms with Crippen LogP contribution in [0, 0.1) is 0 Å². The first-order valence-corrected chi connectivity index (χ1v) is 8.55. The highest BCUT2D eigenvalue weighted by Gasteiger charge is 2.23.